The first-order chi connectivity index (χ1) is 17.8. The van der Waals surface area contributed by atoms with E-state index in [1.165, 1.54) is 12.1 Å². The molecule has 0 amide bonds. The Kier molecular flexibility index (Phi) is 7.79. The second kappa shape index (κ2) is 10.3. The molecule has 210 valence electrons. The fraction of sp³-hybridized carbons (Fsp3) is 0.433. The first-order valence-electron chi connectivity index (χ1n) is 12.6. The SMILES string of the molecule is CC(C)(C)NC1=C(C(=O)OC(C)(C)C)C(C(=O)OC(C)(C)C)c2c(cc(O)c(C(=O)c3ccccc3)c2O)O1. The summed E-state index contributed by atoms with van der Waals surface area (Å²) >= 11 is 0. The van der Waals surface area contributed by atoms with Gasteiger partial charge >= 0.3 is 11.9 Å². The maximum absolute atomic E-state index is 13.8. The minimum atomic E-state index is -1.55. The lowest BCUT2D eigenvalue weighted by molar-refractivity contribution is -0.160. The maximum atomic E-state index is 13.8. The van der Waals surface area contributed by atoms with Crippen molar-refractivity contribution >= 4 is 17.7 Å². The third-order valence-corrected chi connectivity index (χ3v) is 5.33. The number of carbonyl (C=O) groups is 3. The van der Waals surface area contributed by atoms with Crippen molar-refractivity contribution in [2.24, 2.45) is 0 Å². The van der Waals surface area contributed by atoms with Crippen molar-refractivity contribution < 1.29 is 38.8 Å². The number of esters is 2. The van der Waals surface area contributed by atoms with Crippen molar-refractivity contribution in [2.75, 3.05) is 0 Å². The largest absolute Gasteiger partial charge is 0.507 e. The molecule has 1 unspecified atom stereocenters. The number of phenols is 2. The highest BCUT2D eigenvalue weighted by Crippen LogP contribution is 2.50. The molecule has 1 atom stereocenters. The number of phenolic OH excluding ortho intramolecular Hbond substituents is 2. The fourth-order valence-electron chi connectivity index (χ4n) is 3.98. The third kappa shape index (κ3) is 6.90. The Labute approximate surface area is 228 Å². The molecule has 0 fully saturated rings. The molecule has 0 saturated heterocycles. The van der Waals surface area contributed by atoms with E-state index in [1.807, 2.05) is 20.8 Å². The molecule has 2 aromatic carbocycles. The normalized spacial score (nSPS) is 15.7. The van der Waals surface area contributed by atoms with Crippen LogP contribution in [0.4, 0.5) is 0 Å². The summed E-state index contributed by atoms with van der Waals surface area (Å²) in [6, 6.07) is 9.19. The van der Waals surface area contributed by atoms with Gasteiger partial charge in [-0.05, 0) is 62.3 Å². The number of ketones is 1. The molecule has 0 saturated carbocycles. The summed E-state index contributed by atoms with van der Waals surface area (Å²) in [5.41, 5.74) is -3.18. The highest BCUT2D eigenvalue weighted by molar-refractivity contribution is 6.13. The second-order valence-electron chi connectivity index (χ2n) is 12.4. The minimum absolute atomic E-state index is 0.0963. The minimum Gasteiger partial charge on any atom is -0.507 e. The zero-order valence-corrected chi connectivity index (χ0v) is 23.9. The van der Waals surface area contributed by atoms with Crippen molar-refractivity contribution in [1.29, 1.82) is 0 Å². The molecule has 0 spiro atoms. The van der Waals surface area contributed by atoms with Crippen LogP contribution in [-0.2, 0) is 19.1 Å². The monoisotopic (exact) mass is 539 g/mol. The van der Waals surface area contributed by atoms with E-state index in [4.69, 9.17) is 14.2 Å². The van der Waals surface area contributed by atoms with Gasteiger partial charge in [-0.25, -0.2) is 4.79 Å². The zero-order valence-electron chi connectivity index (χ0n) is 23.9. The van der Waals surface area contributed by atoms with E-state index in [0.717, 1.165) is 6.07 Å². The van der Waals surface area contributed by atoms with Gasteiger partial charge in [-0.15, -0.1) is 0 Å². The van der Waals surface area contributed by atoms with Gasteiger partial charge < -0.3 is 29.7 Å². The summed E-state index contributed by atoms with van der Waals surface area (Å²) in [6.45, 7) is 15.5. The van der Waals surface area contributed by atoms with Crippen LogP contribution >= 0.6 is 0 Å². The van der Waals surface area contributed by atoms with E-state index in [9.17, 15) is 24.6 Å². The summed E-state index contributed by atoms with van der Waals surface area (Å²) < 4.78 is 17.3. The highest BCUT2D eigenvalue weighted by atomic mass is 16.6. The predicted molar refractivity (Wildman–Crippen MR) is 145 cm³/mol. The van der Waals surface area contributed by atoms with E-state index in [1.54, 1.807) is 59.7 Å². The number of rotatable bonds is 5. The number of ether oxygens (including phenoxy) is 3. The van der Waals surface area contributed by atoms with Gasteiger partial charge in [-0.1, -0.05) is 30.3 Å². The van der Waals surface area contributed by atoms with Gasteiger partial charge in [0.2, 0.25) is 11.7 Å². The molecule has 3 rings (SSSR count). The van der Waals surface area contributed by atoms with Crippen molar-refractivity contribution in [3.05, 3.63) is 64.5 Å². The fourth-order valence-corrected chi connectivity index (χ4v) is 3.98. The van der Waals surface area contributed by atoms with E-state index in [-0.39, 0.29) is 28.3 Å². The van der Waals surface area contributed by atoms with E-state index >= 15 is 0 Å². The zero-order chi connectivity index (χ0) is 29.5. The van der Waals surface area contributed by atoms with Gasteiger partial charge in [0.05, 0.1) is 5.56 Å². The molecule has 9 nitrogen and oxygen atoms in total. The van der Waals surface area contributed by atoms with Gasteiger partial charge in [-0.2, -0.15) is 0 Å². The van der Waals surface area contributed by atoms with Crippen LogP contribution in [0.15, 0.2) is 47.9 Å². The first-order valence-corrected chi connectivity index (χ1v) is 12.6. The third-order valence-electron chi connectivity index (χ3n) is 5.33. The summed E-state index contributed by atoms with van der Waals surface area (Å²) in [6.07, 6.45) is 0. The molecule has 1 aliphatic heterocycles. The Hall–Kier alpha value is -4.01. The van der Waals surface area contributed by atoms with Crippen LogP contribution in [0.1, 0.15) is 89.7 Å². The van der Waals surface area contributed by atoms with E-state index in [0.29, 0.717) is 0 Å². The molecule has 39 heavy (non-hydrogen) atoms. The predicted octanol–water partition coefficient (Wildman–Crippen LogP) is 5.09. The molecule has 1 aliphatic rings. The van der Waals surface area contributed by atoms with Gasteiger partial charge in [0.25, 0.3) is 0 Å². The van der Waals surface area contributed by atoms with Crippen LogP contribution in [0.2, 0.25) is 0 Å². The van der Waals surface area contributed by atoms with Crippen LogP contribution in [0.3, 0.4) is 0 Å². The van der Waals surface area contributed by atoms with Crippen LogP contribution in [0.25, 0.3) is 0 Å². The smallest absolute Gasteiger partial charge is 0.341 e. The summed E-state index contributed by atoms with van der Waals surface area (Å²) in [5.74, 6) is -5.46. The number of benzene rings is 2. The van der Waals surface area contributed by atoms with Crippen molar-refractivity contribution in [2.45, 2.75) is 85.0 Å². The second-order valence-corrected chi connectivity index (χ2v) is 12.4. The summed E-state index contributed by atoms with van der Waals surface area (Å²) in [7, 11) is 0. The van der Waals surface area contributed by atoms with Gasteiger partial charge in [-0.3, -0.25) is 9.59 Å². The molecule has 0 aliphatic carbocycles. The van der Waals surface area contributed by atoms with Gasteiger partial charge in [0.1, 0.15) is 45.5 Å². The Morgan fingerprint density at radius 1 is 0.872 bits per heavy atom. The summed E-state index contributed by atoms with van der Waals surface area (Å²) in [5, 5.41) is 25.4. The Bertz CT molecular complexity index is 1320. The Balaban J connectivity index is 2.34. The van der Waals surface area contributed by atoms with Crippen molar-refractivity contribution in [3.63, 3.8) is 0 Å². The maximum Gasteiger partial charge on any atom is 0.341 e. The van der Waals surface area contributed by atoms with Crippen LogP contribution in [0.5, 0.6) is 17.2 Å². The number of hydrogen-bond acceptors (Lipinski definition) is 9. The van der Waals surface area contributed by atoms with Crippen molar-refractivity contribution in [3.8, 4) is 17.2 Å². The molecular weight excluding hydrogens is 502 g/mol. The van der Waals surface area contributed by atoms with Crippen LogP contribution < -0.4 is 10.1 Å². The molecule has 3 N–H and O–H groups in total. The topological polar surface area (TPSA) is 131 Å². The Morgan fingerprint density at radius 3 is 1.95 bits per heavy atom. The first kappa shape index (κ1) is 29.5. The molecule has 0 aromatic heterocycles. The highest BCUT2D eigenvalue weighted by Gasteiger charge is 2.46. The number of fused-ring (bicyclic) bond motifs is 1. The lowest BCUT2D eigenvalue weighted by Gasteiger charge is -2.35. The van der Waals surface area contributed by atoms with Crippen molar-refractivity contribution in [1.82, 2.24) is 5.32 Å². The number of nitrogens with one attached hydrogen (secondary N) is 1. The lowest BCUT2D eigenvalue weighted by Crippen LogP contribution is -2.43. The average Bonchev–Trinajstić information content (AvgIpc) is 2.75. The number of hydrogen-bond donors (Lipinski definition) is 3. The molecule has 9 heteroatoms. The quantitative estimate of drug-likeness (QED) is 0.351. The van der Waals surface area contributed by atoms with Gasteiger partial charge in [0.15, 0.2) is 0 Å². The van der Waals surface area contributed by atoms with E-state index < -0.39 is 57.4 Å². The number of carbonyl (C=O) groups excluding carboxylic acids is 3. The molecular formula is C30H37NO8. The van der Waals surface area contributed by atoms with E-state index in [2.05, 4.69) is 5.32 Å². The van der Waals surface area contributed by atoms with Gasteiger partial charge in [0, 0.05) is 17.2 Å². The van der Waals surface area contributed by atoms with Crippen LogP contribution in [0, 0.1) is 0 Å². The molecule has 0 radical (unpaired) electrons. The number of aromatic hydroxyl groups is 2. The standard InChI is InChI=1S/C30H37NO8/c1-28(2,3)31-25-22(27(36)39-30(7,8)9)21(26(35)38-29(4,5)6)20-18(37-25)15-17(32)19(24(20)34)23(33)16-13-11-10-12-14-16/h10-15,21,31-32,34H,1-9H3. The average molecular weight is 540 g/mol. The molecule has 0 bridgehead atoms. The molecule has 1 heterocycles. The lowest BCUT2D eigenvalue weighted by atomic mass is 9.84. The summed E-state index contributed by atoms with van der Waals surface area (Å²) in [4.78, 5) is 40.7. The Morgan fingerprint density at radius 2 is 1.44 bits per heavy atom. The molecule has 2 aromatic rings. The van der Waals surface area contributed by atoms with Crippen LogP contribution in [-0.4, -0.2) is 44.7 Å².